The fourth-order valence-corrected chi connectivity index (χ4v) is 3.28. The zero-order valence-electron chi connectivity index (χ0n) is 12.3. The lowest BCUT2D eigenvalue weighted by Crippen LogP contribution is -2.50. The second kappa shape index (κ2) is 4.75. The Labute approximate surface area is 110 Å². The van der Waals surface area contributed by atoms with Gasteiger partial charge in [0.05, 0.1) is 30.5 Å². The van der Waals surface area contributed by atoms with Gasteiger partial charge in [-0.05, 0) is 34.6 Å². The van der Waals surface area contributed by atoms with E-state index in [4.69, 9.17) is 9.47 Å². The highest BCUT2D eigenvalue weighted by Crippen LogP contribution is 2.42. The van der Waals surface area contributed by atoms with Gasteiger partial charge in [0.1, 0.15) is 0 Å². The summed E-state index contributed by atoms with van der Waals surface area (Å²) in [6, 6.07) is 0.422. The van der Waals surface area contributed by atoms with Gasteiger partial charge in [-0.15, -0.1) is 0 Å². The van der Waals surface area contributed by atoms with Crippen LogP contribution >= 0.6 is 0 Å². The smallest absolute Gasteiger partial charge is 0.0896 e. The van der Waals surface area contributed by atoms with Crippen molar-refractivity contribution in [2.75, 3.05) is 26.3 Å². The van der Waals surface area contributed by atoms with E-state index in [1.54, 1.807) is 0 Å². The van der Waals surface area contributed by atoms with Crippen molar-refractivity contribution in [2.45, 2.75) is 58.0 Å². The Hall–Kier alpha value is -0.160. The Morgan fingerprint density at radius 1 is 1.22 bits per heavy atom. The SMILES string of the molecule is CC1COCCN1CC1C(O)C(C)(C)OC1(C)C. The third-order valence-corrected chi connectivity index (χ3v) is 4.45. The Morgan fingerprint density at radius 2 is 1.89 bits per heavy atom. The van der Waals surface area contributed by atoms with Crippen molar-refractivity contribution in [3.63, 3.8) is 0 Å². The molecule has 2 heterocycles. The Bertz CT molecular complexity index is 303. The molecule has 0 aliphatic carbocycles. The van der Waals surface area contributed by atoms with Gasteiger partial charge in [0.2, 0.25) is 0 Å². The van der Waals surface area contributed by atoms with Crippen molar-refractivity contribution in [1.29, 1.82) is 0 Å². The van der Waals surface area contributed by atoms with Crippen molar-refractivity contribution >= 4 is 0 Å². The van der Waals surface area contributed by atoms with E-state index in [0.29, 0.717) is 6.04 Å². The van der Waals surface area contributed by atoms with Crippen LogP contribution in [0.4, 0.5) is 0 Å². The summed E-state index contributed by atoms with van der Waals surface area (Å²) in [5.74, 6) is 0.146. The maximum absolute atomic E-state index is 10.5. The molecule has 2 saturated heterocycles. The minimum absolute atomic E-state index is 0.146. The lowest BCUT2D eigenvalue weighted by molar-refractivity contribution is -0.0925. The molecule has 2 aliphatic rings. The molecule has 0 amide bonds. The van der Waals surface area contributed by atoms with E-state index in [9.17, 15) is 5.11 Å². The molecule has 3 atom stereocenters. The van der Waals surface area contributed by atoms with Crippen molar-refractivity contribution in [3.8, 4) is 0 Å². The molecule has 2 fully saturated rings. The predicted molar refractivity (Wildman–Crippen MR) is 70.6 cm³/mol. The van der Waals surface area contributed by atoms with E-state index in [-0.39, 0.29) is 11.5 Å². The zero-order chi connectivity index (χ0) is 13.6. The van der Waals surface area contributed by atoms with Crippen LogP contribution < -0.4 is 0 Å². The number of hydrogen-bond acceptors (Lipinski definition) is 4. The molecule has 0 spiro atoms. The summed E-state index contributed by atoms with van der Waals surface area (Å²) in [4.78, 5) is 2.41. The average molecular weight is 257 g/mol. The highest BCUT2D eigenvalue weighted by molar-refractivity contribution is 5.02. The van der Waals surface area contributed by atoms with Crippen molar-refractivity contribution < 1.29 is 14.6 Å². The first-order valence-electron chi connectivity index (χ1n) is 6.94. The van der Waals surface area contributed by atoms with E-state index in [1.165, 1.54) is 0 Å². The Morgan fingerprint density at radius 3 is 2.39 bits per heavy atom. The zero-order valence-corrected chi connectivity index (χ0v) is 12.3. The topological polar surface area (TPSA) is 41.9 Å². The fourth-order valence-electron chi connectivity index (χ4n) is 3.28. The van der Waals surface area contributed by atoms with Gasteiger partial charge in [-0.25, -0.2) is 0 Å². The minimum Gasteiger partial charge on any atom is -0.390 e. The van der Waals surface area contributed by atoms with Crippen molar-refractivity contribution in [2.24, 2.45) is 5.92 Å². The molecule has 106 valence electrons. The summed E-state index contributed by atoms with van der Waals surface area (Å²) >= 11 is 0. The number of morpholine rings is 1. The van der Waals surface area contributed by atoms with Crippen LogP contribution in [0.3, 0.4) is 0 Å². The first-order chi connectivity index (χ1) is 8.24. The van der Waals surface area contributed by atoms with Gasteiger partial charge < -0.3 is 14.6 Å². The quantitative estimate of drug-likeness (QED) is 0.809. The lowest BCUT2D eigenvalue weighted by atomic mass is 9.84. The molecule has 0 aromatic heterocycles. The largest absolute Gasteiger partial charge is 0.390 e. The molecule has 2 rings (SSSR count). The first kappa shape index (κ1) is 14.3. The van der Waals surface area contributed by atoms with E-state index >= 15 is 0 Å². The Balaban J connectivity index is 2.07. The van der Waals surface area contributed by atoms with Crippen LogP contribution in [0.2, 0.25) is 0 Å². The molecule has 1 N–H and O–H groups in total. The van der Waals surface area contributed by atoms with Gasteiger partial charge in [-0.2, -0.15) is 0 Å². The summed E-state index contributed by atoms with van der Waals surface area (Å²) < 4.78 is 11.5. The first-order valence-corrected chi connectivity index (χ1v) is 6.94. The average Bonchev–Trinajstić information content (AvgIpc) is 2.39. The van der Waals surface area contributed by atoms with E-state index in [2.05, 4.69) is 25.7 Å². The highest BCUT2D eigenvalue weighted by atomic mass is 16.5. The van der Waals surface area contributed by atoms with Crippen LogP contribution in [-0.4, -0.2) is 59.7 Å². The molecular weight excluding hydrogens is 230 g/mol. The van der Waals surface area contributed by atoms with Gasteiger partial charge in [0, 0.05) is 25.0 Å². The molecule has 2 aliphatic heterocycles. The van der Waals surface area contributed by atoms with Gasteiger partial charge >= 0.3 is 0 Å². The van der Waals surface area contributed by atoms with Crippen LogP contribution in [0.15, 0.2) is 0 Å². The monoisotopic (exact) mass is 257 g/mol. The molecule has 0 aromatic rings. The van der Waals surface area contributed by atoms with E-state index in [1.807, 2.05) is 13.8 Å². The normalized spacial score (nSPS) is 40.0. The second-order valence-corrected chi connectivity index (χ2v) is 6.78. The summed E-state index contributed by atoms with van der Waals surface area (Å²) in [6.07, 6.45) is -0.414. The summed E-state index contributed by atoms with van der Waals surface area (Å²) in [5, 5.41) is 10.5. The van der Waals surface area contributed by atoms with E-state index in [0.717, 1.165) is 26.3 Å². The standard InChI is InChI=1S/C14H27NO3/c1-10-9-17-7-6-15(10)8-11-12(16)14(4,5)18-13(11,2)3/h10-12,16H,6-9H2,1-5H3. The molecule has 0 bridgehead atoms. The maximum Gasteiger partial charge on any atom is 0.0896 e. The summed E-state index contributed by atoms with van der Waals surface area (Å²) in [7, 11) is 0. The molecule has 0 saturated carbocycles. The summed E-state index contributed by atoms with van der Waals surface area (Å²) in [6.45, 7) is 13.7. The number of aliphatic hydroxyl groups is 1. The number of ether oxygens (including phenoxy) is 2. The molecule has 3 unspecified atom stereocenters. The minimum atomic E-state index is -0.455. The third-order valence-electron chi connectivity index (χ3n) is 4.45. The van der Waals surface area contributed by atoms with E-state index < -0.39 is 11.7 Å². The lowest BCUT2D eigenvalue weighted by Gasteiger charge is -2.38. The molecule has 4 nitrogen and oxygen atoms in total. The molecule has 0 aromatic carbocycles. The van der Waals surface area contributed by atoms with Crippen LogP contribution in [-0.2, 0) is 9.47 Å². The van der Waals surface area contributed by atoms with Crippen LogP contribution in [0, 0.1) is 5.92 Å². The molecule has 4 heteroatoms. The molecule has 0 radical (unpaired) electrons. The third kappa shape index (κ3) is 2.57. The van der Waals surface area contributed by atoms with Crippen LogP contribution in [0.1, 0.15) is 34.6 Å². The van der Waals surface area contributed by atoms with Gasteiger partial charge in [0.25, 0.3) is 0 Å². The van der Waals surface area contributed by atoms with Crippen LogP contribution in [0.5, 0.6) is 0 Å². The second-order valence-electron chi connectivity index (χ2n) is 6.78. The predicted octanol–water partition coefficient (Wildman–Crippen LogP) is 1.27. The number of rotatable bonds is 2. The Kier molecular flexibility index (Phi) is 3.76. The highest BCUT2D eigenvalue weighted by Gasteiger charge is 2.53. The molecule has 18 heavy (non-hydrogen) atoms. The summed E-state index contributed by atoms with van der Waals surface area (Å²) in [5.41, 5.74) is -0.732. The van der Waals surface area contributed by atoms with Gasteiger partial charge in [-0.1, -0.05) is 0 Å². The van der Waals surface area contributed by atoms with Crippen molar-refractivity contribution in [1.82, 2.24) is 4.90 Å². The molecular formula is C14H27NO3. The maximum atomic E-state index is 10.5. The van der Waals surface area contributed by atoms with Gasteiger partial charge in [-0.3, -0.25) is 4.90 Å². The number of nitrogens with zero attached hydrogens (tertiary/aromatic N) is 1. The van der Waals surface area contributed by atoms with Crippen LogP contribution in [0.25, 0.3) is 0 Å². The number of aliphatic hydroxyl groups excluding tert-OH is 1. The fraction of sp³-hybridized carbons (Fsp3) is 1.00. The van der Waals surface area contributed by atoms with Crippen molar-refractivity contribution in [3.05, 3.63) is 0 Å². The number of hydrogen-bond donors (Lipinski definition) is 1. The van der Waals surface area contributed by atoms with Gasteiger partial charge in [0.15, 0.2) is 0 Å².